The predicted molar refractivity (Wildman–Crippen MR) is 78.7 cm³/mol. The first-order valence-electron chi connectivity index (χ1n) is 7.22. The summed E-state index contributed by atoms with van der Waals surface area (Å²) < 4.78 is 5.37. The summed E-state index contributed by atoms with van der Waals surface area (Å²) in [5, 5.41) is 7.48. The van der Waals surface area contributed by atoms with E-state index < -0.39 is 0 Å². The lowest BCUT2D eigenvalue weighted by Crippen LogP contribution is -2.07. The summed E-state index contributed by atoms with van der Waals surface area (Å²) in [5.74, 6) is 2.61. The first kappa shape index (κ1) is 14.5. The molecule has 0 atom stereocenters. The molecule has 0 aromatic carbocycles. The Labute approximate surface area is 119 Å². The molecule has 5 nitrogen and oxygen atoms in total. The first-order chi connectivity index (χ1) is 9.67. The maximum atomic E-state index is 5.37. The largest absolute Gasteiger partial charge is 0.366 e. The van der Waals surface area contributed by atoms with Crippen molar-refractivity contribution in [2.24, 2.45) is 0 Å². The molecule has 0 amide bonds. The van der Waals surface area contributed by atoms with E-state index in [1.54, 1.807) is 0 Å². The van der Waals surface area contributed by atoms with Gasteiger partial charge in [0.25, 0.3) is 0 Å². The number of hydrogen-bond donors (Lipinski definition) is 1. The number of nitrogens with one attached hydrogen (secondary N) is 1. The molecular formula is C15H22N4O. The van der Waals surface area contributed by atoms with Gasteiger partial charge in [0.05, 0.1) is 5.69 Å². The van der Waals surface area contributed by atoms with Crippen LogP contribution in [0.3, 0.4) is 0 Å². The second kappa shape index (κ2) is 6.50. The van der Waals surface area contributed by atoms with Crippen molar-refractivity contribution < 1.29 is 4.52 Å². The molecule has 0 aliphatic heterocycles. The Morgan fingerprint density at radius 3 is 2.55 bits per heavy atom. The van der Waals surface area contributed by atoms with Crippen molar-refractivity contribution in [2.45, 2.75) is 53.5 Å². The molecular weight excluding hydrogens is 252 g/mol. The second-order valence-electron chi connectivity index (χ2n) is 4.74. The Balaban J connectivity index is 2.16. The van der Waals surface area contributed by atoms with Gasteiger partial charge in [-0.05, 0) is 19.8 Å². The van der Waals surface area contributed by atoms with Gasteiger partial charge in [-0.3, -0.25) is 0 Å². The highest BCUT2D eigenvalue weighted by Crippen LogP contribution is 2.17. The van der Waals surface area contributed by atoms with E-state index in [2.05, 4.69) is 41.2 Å². The molecule has 0 unspecified atom stereocenters. The van der Waals surface area contributed by atoms with Crippen LogP contribution >= 0.6 is 0 Å². The minimum atomic E-state index is 0.690. The Morgan fingerprint density at radius 1 is 1.10 bits per heavy atom. The standard InChI is InChI=1S/C15H22N4O/c1-5-11-8-15(18-10(4)17-11)16-9-12-13(6-2)19-20-14(12)7-3/h8H,5-7,9H2,1-4H3,(H,16,17,18). The van der Waals surface area contributed by atoms with Gasteiger partial charge in [-0.15, -0.1) is 0 Å². The Kier molecular flexibility index (Phi) is 4.71. The highest BCUT2D eigenvalue weighted by molar-refractivity contribution is 5.38. The van der Waals surface area contributed by atoms with Crippen LogP contribution in [-0.2, 0) is 25.8 Å². The topological polar surface area (TPSA) is 63.8 Å². The molecule has 0 radical (unpaired) electrons. The van der Waals surface area contributed by atoms with E-state index in [1.807, 2.05) is 13.0 Å². The number of aryl methyl sites for hydroxylation is 4. The molecule has 0 saturated heterocycles. The van der Waals surface area contributed by atoms with E-state index in [4.69, 9.17) is 4.52 Å². The zero-order valence-corrected chi connectivity index (χ0v) is 12.7. The lowest BCUT2D eigenvalue weighted by Gasteiger charge is -2.08. The fourth-order valence-electron chi connectivity index (χ4n) is 2.22. The summed E-state index contributed by atoms with van der Waals surface area (Å²) in [6.45, 7) is 8.86. The molecule has 20 heavy (non-hydrogen) atoms. The summed E-state index contributed by atoms with van der Waals surface area (Å²) in [7, 11) is 0. The lowest BCUT2D eigenvalue weighted by molar-refractivity contribution is 0.380. The van der Waals surface area contributed by atoms with Gasteiger partial charge in [-0.1, -0.05) is 25.9 Å². The van der Waals surface area contributed by atoms with Crippen molar-refractivity contribution in [1.82, 2.24) is 15.1 Å². The molecule has 5 heteroatoms. The van der Waals surface area contributed by atoms with Gasteiger partial charge in [-0.25, -0.2) is 9.97 Å². The van der Waals surface area contributed by atoms with Crippen LogP contribution < -0.4 is 5.32 Å². The Hall–Kier alpha value is -1.91. The van der Waals surface area contributed by atoms with E-state index in [0.717, 1.165) is 53.6 Å². The zero-order valence-electron chi connectivity index (χ0n) is 12.7. The van der Waals surface area contributed by atoms with Crippen LogP contribution in [0.15, 0.2) is 10.6 Å². The van der Waals surface area contributed by atoms with Crippen LogP contribution in [0.5, 0.6) is 0 Å². The van der Waals surface area contributed by atoms with Crippen LogP contribution in [0.25, 0.3) is 0 Å². The van der Waals surface area contributed by atoms with Crippen LogP contribution in [-0.4, -0.2) is 15.1 Å². The van der Waals surface area contributed by atoms with Crippen LogP contribution in [0.2, 0.25) is 0 Å². The van der Waals surface area contributed by atoms with Crippen molar-refractivity contribution in [3.63, 3.8) is 0 Å². The monoisotopic (exact) mass is 274 g/mol. The lowest BCUT2D eigenvalue weighted by atomic mass is 10.1. The molecule has 0 aliphatic carbocycles. The van der Waals surface area contributed by atoms with Crippen molar-refractivity contribution >= 4 is 5.82 Å². The van der Waals surface area contributed by atoms with E-state index in [1.165, 1.54) is 0 Å². The molecule has 108 valence electrons. The molecule has 0 spiro atoms. The average Bonchev–Trinajstić information content (AvgIpc) is 2.86. The SMILES string of the molecule is CCc1cc(NCc2c(CC)noc2CC)nc(C)n1. The fraction of sp³-hybridized carbons (Fsp3) is 0.533. The van der Waals surface area contributed by atoms with Gasteiger partial charge >= 0.3 is 0 Å². The average molecular weight is 274 g/mol. The fourth-order valence-corrected chi connectivity index (χ4v) is 2.22. The predicted octanol–water partition coefficient (Wildman–Crippen LogP) is 3.07. The van der Waals surface area contributed by atoms with Gasteiger partial charge in [0.2, 0.25) is 0 Å². The Morgan fingerprint density at radius 2 is 1.90 bits per heavy atom. The molecule has 1 N–H and O–H groups in total. The van der Waals surface area contributed by atoms with Crippen molar-refractivity contribution in [2.75, 3.05) is 5.32 Å². The normalized spacial score (nSPS) is 10.8. The smallest absolute Gasteiger partial charge is 0.141 e. The van der Waals surface area contributed by atoms with Gasteiger partial charge in [0.1, 0.15) is 17.4 Å². The summed E-state index contributed by atoms with van der Waals surface area (Å²) in [5.41, 5.74) is 3.23. The van der Waals surface area contributed by atoms with Crippen LogP contribution in [0.1, 0.15) is 49.3 Å². The number of hydrogen-bond acceptors (Lipinski definition) is 5. The molecule has 0 bridgehead atoms. The highest BCUT2D eigenvalue weighted by atomic mass is 16.5. The van der Waals surface area contributed by atoms with E-state index in [0.29, 0.717) is 6.54 Å². The summed E-state index contributed by atoms with van der Waals surface area (Å²) in [6.07, 6.45) is 2.64. The van der Waals surface area contributed by atoms with E-state index in [9.17, 15) is 0 Å². The van der Waals surface area contributed by atoms with Gasteiger partial charge in [-0.2, -0.15) is 0 Å². The second-order valence-corrected chi connectivity index (χ2v) is 4.74. The van der Waals surface area contributed by atoms with Gasteiger partial charge in [0, 0.05) is 30.3 Å². The molecule has 2 heterocycles. The minimum Gasteiger partial charge on any atom is -0.366 e. The summed E-state index contributed by atoms with van der Waals surface area (Å²) in [6, 6.07) is 2.00. The quantitative estimate of drug-likeness (QED) is 0.877. The maximum absolute atomic E-state index is 5.37. The maximum Gasteiger partial charge on any atom is 0.141 e. The molecule has 2 aromatic heterocycles. The molecule has 0 saturated carbocycles. The van der Waals surface area contributed by atoms with Crippen molar-refractivity contribution in [3.05, 3.63) is 34.6 Å². The van der Waals surface area contributed by atoms with E-state index >= 15 is 0 Å². The Bertz CT molecular complexity index is 556. The van der Waals surface area contributed by atoms with Gasteiger partial charge in [0.15, 0.2) is 0 Å². The van der Waals surface area contributed by atoms with Crippen LogP contribution in [0, 0.1) is 6.92 Å². The van der Waals surface area contributed by atoms with Crippen molar-refractivity contribution in [3.8, 4) is 0 Å². The third-order valence-electron chi connectivity index (χ3n) is 3.31. The minimum absolute atomic E-state index is 0.690. The first-order valence-corrected chi connectivity index (χ1v) is 7.22. The number of rotatable bonds is 6. The highest BCUT2D eigenvalue weighted by Gasteiger charge is 2.13. The summed E-state index contributed by atoms with van der Waals surface area (Å²) in [4.78, 5) is 8.80. The number of anilines is 1. The van der Waals surface area contributed by atoms with Gasteiger partial charge < -0.3 is 9.84 Å². The molecule has 2 aromatic rings. The number of aromatic nitrogens is 3. The third kappa shape index (κ3) is 3.15. The number of nitrogens with zero attached hydrogens (tertiary/aromatic N) is 3. The molecule has 2 rings (SSSR count). The van der Waals surface area contributed by atoms with Crippen LogP contribution in [0.4, 0.5) is 5.82 Å². The zero-order chi connectivity index (χ0) is 14.5. The summed E-state index contributed by atoms with van der Waals surface area (Å²) >= 11 is 0. The van der Waals surface area contributed by atoms with Crippen molar-refractivity contribution in [1.29, 1.82) is 0 Å². The molecule has 0 aliphatic rings. The molecule has 0 fully saturated rings. The third-order valence-corrected chi connectivity index (χ3v) is 3.31. The van der Waals surface area contributed by atoms with E-state index in [-0.39, 0.29) is 0 Å².